The zero-order valence-corrected chi connectivity index (χ0v) is 10.7. The van der Waals surface area contributed by atoms with Gasteiger partial charge in [-0.05, 0) is 44.1 Å². The standard InChI is InChI=1S/C13H24N2O/c1-9(2)13(5-6-13)8-15-12(16)11-4-7-14-10(11)3/h9-11,14H,4-8H2,1-3H3,(H,15,16). The molecule has 1 aliphatic carbocycles. The van der Waals surface area contributed by atoms with Crippen LogP contribution in [0.5, 0.6) is 0 Å². The molecule has 1 saturated carbocycles. The summed E-state index contributed by atoms with van der Waals surface area (Å²) in [4.78, 5) is 12.0. The minimum Gasteiger partial charge on any atom is -0.355 e. The van der Waals surface area contributed by atoms with Crippen molar-refractivity contribution in [2.75, 3.05) is 13.1 Å². The molecule has 0 spiro atoms. The lowest BCUT2D eigenvalue weighted by Gasteiger charge is -2.22. The smallest absolute Gasteiger partial charge is 0.224 e. The zero-order chi connectivity index (χ0) is 11.8. The van der Waals surface area contributed by atoms with Crippen molar-refractivity contribution in [2.24, 2.45) is 17.3 Å². The van der Waals surface area contributed by atoms with E-state index >= 15 is 0 Å². The highest BCUT2D eigenvalue weighted by Gasteiger charge is 2.45. The minimum atomic E-state index is 0.183. The summed E-state index contributed by atoms with van der Waals surface area (Å²) >= 11 is 0. The second kappa shape index (κ2) is 4.36. The van der Waals surface area contributed by atoms with Crippen molar-refractivity contribution in [3.63, 3.8) is 0 Å². The second-order valence-electron chi connectivity index (χ2n) is 5.87. The molecule has 1 amide bonds. The molecule has 16 heavy (non-hydrogen) atoms. The van der Waals surface area contributed by atoms with Crippen LogP contribution in [0.15, 0.2) is 0 Å². The van der Waals surface area contributed by atoms with E-state index in [0.717, 1.165) is 19.5 Å². The summed E-state index contributed by atoms with van der Waals surface area (Å²) in [5, 5.41) is 6.49. The van der Waals surface area contributed by atoms with E-state index in [-0.39, 0.29) is 11.8 Å². The SMILES string of the molecule is CC1NCCC1C(=O)NCC1(C(C)C)CC1. The van der Waals surface area contributed by atoms with Crippen LogP contribution in [0, 0.1) is 17.3 Å². The first-order valence-electron chi connectivity index (χ1n) is 6.56. The predicted molar refractivity (Wildman–Crippen MR) is 65.1 cm³/mol. The Hall–Kier alpha value is -0.570. The van der Waals surface area contributed by atoms with Crippen LogP contribution in [-0.4, -0.2) is 25.0 Å². The molecule has 92 valence electrons. The molecule has 1 saturated heterocycles. The van der Waals surface area contributed by atoms with Crippen LogP contribution in [0.4, 0.5) is 0 Å². The van der Waals surface area contributed by atoms with Gasteiger partial charge in [0.25, 0.3) is 0 Å². The predicted octanol–water partition coefficient (Wildman–Crippen LogP) is 1.54. The van der Waals surface area contributed by atoms with E-state index < -0.39 is 0 Å². The highest BCUT2D eigenvalue weighted by Crippen LogP contribution is 2.51. The van der Waals surface area contributed by atoms with Crippen molar-refractivity contribution in [1.82, 2.24) is 10.6 Å². The second-order valence-corrected chi connectivity index (χ2v) is 5.87. The molecule has 0 aromatic rings. The van der Waals surface area contributed by atoms with Crippen LogP contribution >= 0.6 is 0 Å². The summed E-state index contributed by atoms with van der Waals surface area (Å²) in [5.74, 6) is 1.12. The van der Waals surface area contributed by atoms with E-state index in [0.29, 0.717) is 17.4 Å². The molecule has 0 aromatic heterocycles. The van der Waals surface area contributed by atoms with Gasteiger partial charge in [0.15, 0.2) is 0 Å². The Bertz CT molecular complexity index is 271. The van der Waals surface area contributed by atoms with Crippen molar-refractivity contribution in [3.05, 3.63) is 0 Å². The molecule has 2 rings (SSSR count). The number of carbonyl (C=O) groups excluding carboxylic acids is 1. The highest BCUT2D eigenvalue weighted by atomic mass is 16.1. The third-order valence-corrected chi connectivity index (χ3v) is 4.59. The van der Waals surface area contributed by atoms with Crippen molar-refractivity contribution >= 4 is 5.91 Å². The fourth-order valence-electron chi connectivity index (χ4n) is 2.73. The molecule has 3 heteroatoms. The van der Waals surface area contributed by atoms with Crippen LogP contribution < -0.4 is 10.6 Å². The Labute approximate surface area is 98.4 Å². The molecule has 2 fully saturated rings. The minimum absolute atomic E-state index is 0.183. The van der Waals surface area contributed by atoms with E-state index in [1.807, 2.05) is 0 Å². The van der Waals surface area contributed by atoms with Gasteiger partial charge in [-0.1, -0.05) is 13.8 Å². The van der Waals surface area contributed by atoms with Crippen molar-refractivity contribution in [2.45, 2.75) is 46.1 Å². The third kappa shape index (κ3) is 2.24. The van der Waals surface area contributed by atoms with Crippen molar-refractivity contribution in [3.8, 4) is 0 Å². The quantitative estimate of drug-likeness (QED) is 0.760. The third-order valence-electron chi connectivity index (χ3n) is 4.59. The normalized spacial score (nSPS) is 31.8. The Morgan fingerprint density at radius 1 is 1.50 bits per heavy atom. The Morgan fingerprint density at radius 2 is 2.19 bits per heavy atom. The lowest BCUT2D eigenvalue weighted by atomic mass is 9.92. The summed E-state index contributed by atoms with van der Waals surface area (Å²) in [6.45, 7) is 8.49. The number of rotatable bonds is 4. The van der Waals surface area contributed by atoms with E-state index in [4.69, 9.17) is 0 Å². The number of hydrogen-bond acceptors (Lipinski definition) is 2. The Morgan fingerprint density at radius 3 is 2.62 bits per heavy atom. The maximum Gasteiger partial charge on any atom is 0.224 e. The van der Waals surface area contributed by atoms with Gasteiger partial charge in [0.05, 0.1) is 5.92 Å². The van der Waals surface area contributed by atoms with E-state index in [9.17, 15) is 4.79 Å². The van der Waals surface area contributed by atoms with Gasteiger partial charge in [0.2, 0.25) is 5.91 Å². The molecule has 3 nitrogen and oxygen atoms in total. The summed E-state index contributed by atoms with van der Waals surface area (Å²) < 4.78 is 0. The fourth-order valence-corrected chi connectivity index (χ4v) is 2.73. The fraction of sp³-hybridized carbons (Fsp3) is 0.923. The van der Waals surface area contributed by atoms with Crippen LogP contribution in [0.1, 0.15) is 40.0 Å². The molecular weight excluding hydrogens is 200 g/mol. The van der Waals surface area contributed by atoms with Crippen molar-refractivity contribution < 1.29 is 4.79 Å². The van der Waals surface area contributed by atoms with E-state index in [1.54, 1.807) is 0 Å². The Balaban J connectivity index is 1.80. The molecular formula is C13H24N2O. The molecule has 2 atom stereocenters. The van der Waals surface area contributed by atoms with E-state index in [1.165, 1.54) is 12.8 Å². The summed E-state index contributed by atoms with van der Waals surface area (Å²) in [7, 11) is 0. The Kier molecular flexibility index (Phi) is 3.24. The van der Waals surface area contributed by atoms with Gasteiger partial charge in [0, 0.05) is 12.6 Å². The van der Waals surface area contributed by atoms with Gasteiger partial charge in [0.1, 0.15) is 0 Å². The molecule has 0 bridgehead atoms. The van der Waals surface area contributed by atoms with Gasteiger partial charge in [-0.3, -0.25) is 4.79 Å². The van der Waals surface area contributed by atoms with Crippen LogP contribution in [0.2, 0.25) is 0 Å². The van der Waals surface area contributed by atoms with E-state index in [2.05, 4.69) is 31.4 Å². The lowest BCUT2D eigenvalue weighted by Crippen LogP contribution is -2.40. The first kappa shape index (κ1) is 11.9. The average Bonchev–Trinajstić information content (AvgIpc) is 2.92. The topological polar surface area (TPSA) is 41.1 Å². The van der Waals surface area contributed by atoms with Crippen molar-refractivity contribution in [1.29, 1.82) is 0 Å². The van der Waals surface area contributed by atoms with Gasteiger partial charge in [-0.2, -0.15) is 0 Å². The van der Waals surface area contributed by atoms with Gasteiger partial charge < -0.3 is 10.6 Å². The lowest BCUT2D eigenvalue weighted by molar-refractivity contribution is -0.125. The molecule has 2 unspecified atom stereocenters. The summed E-state index contributed by atoms with van der Waals surface area (Å²) in [6.07, 6.45) is 3.55. The number of nitrogens with one attached hydrogen (secondary N) is 2. The maximum atomic E-state index is 12.0. The number of carbonyl (C=O) groups is 1. The number of hydrogen-bond donors (Lipinski definition) is 2. The average molecular weight is 224 g/mol. The molecule has 2 N–H and O–H groups in total. The molecule has 2 aliphatic rings. The largest absolute Gasteiger partial charge is 0.355 e. The van der Waals surface area contributed by atoms with Gasteiger partial charge >= 0.3 is 0 Å². The first-order chi connectivity index (χ1) is 7.55. The van der Waals surface area contributed by atoms with Crippen LogP contribution in [-0.2, 0) is 4.79 Å². The number of amides is 1. The molecule has 1 aliphatic heterocycles. The summed E-state index contributed by atoms with van der Waals surface area (Å²) in [6, 6.07) is 0.342. The first-order valence-corrected chi connectivity index (χ1v) is 6.56. The van der Waals surface area contributed by atoms with Crippen LogP contribution in [0.3, 0.4) is 0 Å². The van der Waals surface area contributed by atoms with Gasteiger partial charge in [-0.15, -0.1) is 0 Å². The van der Waals surface area contributed by atoms with Gasteiger partial charge in [-0.25, -0.2) is 0 Å². The monoisotopic (exact) mass is 224 g/mol. The zero-order valence-electron chi connectivity index (χ0n) is 10.7. The summed E-state index contributed by atoms with van der Waals surface area (Å²) in [5.41, 5.74) is 0.422. The maximum absolute atomic E-state index is 12.0. The molecule has 0 aromatic carbocycles. The van der Waals surface area contributed by atoms with Crippen LogP contribution in [0.25, 0.3) is 0 Å². The highest BCUT2D eigenvalue weighted by molar-refractivity contribution is 5.79. The molecule has 0 radical (unpaired) electrons. The molecule has 1 heterocycles.